The molecule has 1 fully saturated rings. The fourth-order valence-corrected chi connectivity index (χ4v) is 3.29. The van der Waals surface area contributed by atoms with Crippen molar-refractivity contribution in [3.05, 3.63) is 30.1 Å². The average molecular weight is 243 g/mol. The quantitative estimate of drug-likeness (QED) is 0.878. The van der Waals surface area contributed by atoms with Gasteiger partial charge in [-0.05, 0) is 51.8 Å². The van der Waals surface area contributed by atoms with E-state index in [4.69, 9.17) is 0 Å². The summed E-state index contributed by atoms with van der Waals surface area (Å²) in [5.41, 5.74) is 2.42. The van der Waals surface area contributed by atoms with Crippen LogP contribution < -0.4 is 5.32 Å². The van der Waals surface area contributed by atoms with Crippen molar-refractivity contribution < 1.29 is 0 Å². The van der Waals surface area contributed by atoms with Crippen molar-refractivity contribution in [3.63, 3.8) is 0 Å². The molecule has 0 saturated heterocycles. The lowest BCUT2D eigenvalue weighted by molar-refractivity contribution is 0.296. The third-order valence-corrected chi connectivity index (χ3v) is 4.19. The molecule has 3 heteroatoms. The number of hydrogen-bond donors (Lipinski definition) is 1. The summed E-state index contributed by atoms with van der Waals surface area (Å²) in [6, 6.07) is 9.73. The van der Waals surface area contributed by atoms with Crippen LogP contribution in [0.1, 0.15) is 37.5 Å². The van der Waals surface area contributed by atoms with Gasteiger partial charge in [-0.1, -0.05) is 12.1 Å². The molecule has 1 N–H and O–H groups in total. The van der Waals surface area contributed by atoms with Crippen molar-refractivity contribution >= 4 is 11.0 Å². The van der Waals surface area contributed by atoms with Crippen molar-refractivity contribution in [1.29, 1.82) is 0 Å². The molecule has 3 rings (SSSR count). The van der Waals surface area contributed by atoms with E-state index in [9.17, 15) is 0 Å². The number of rotatable bonds is 2. The first-order valence-electron chi connectivity index (χ1n) is 6.90. The van der Waals surface area contributed by atoms with E-state index in [0.717, 1.165) is 11.3 Å². The molecule has 0 radical (unpaired) electrons. The highest BCUT2D eigenvalue weighted by molar-refractivity contribution is 5.76. The molecule has 0 bridgehead atoms. The third-order valence-electron chi connectivity index (χ3n) is 4.19. The topological polar surface area (TPSA) is 29.9 Å². The minimum Gasteiger partial charge on any atom is -0.325 e. The first-order chi connectivity index (χ1) is 8.79. The van der Waals surface area contributed by atoms with Gasteiger partial charge in [0, 0.05) is 12.1 Å². The Morgan fingerprint density at radius 2 is 2.11 bits per heavy atom. The number of para-hydroxylation sites is 2. The molecule has 1 aliphatic carbocycles. The summed E-state index contributed by atoms with van der Waals surface area (Å²) < 4.78 is 2.44. The minimum absolute atomic E-state index is 0.601. The van der Waals surface area contributed by atoms with Crippen LogP contribution in [-0.2, 0) is 0 Å². The zero-order valence-corrected chi connectivity index (χ0v) is 11.2. The zero-order chi connectivity index (χ0) is 12.5. The van der Waals surface area contributed by atoms with Crippen molar-refractivity contribution in [2.75, 3.05) is 7.05 Å². The van der Waals surface area contributed by atoms with E-state index in [1.807, 2.05) is 0 Å². The molecule has 1 heterocycles. The van der Waals surface area contributed by atoms with Gasteiger partial charge < -0.3 is 9.88 Å². The van der Waals surface area contributed by atoms with E-state index in [-0.39, 0.29) is 0 Å². The Morgan fingerprint density at radius 3 is 2.94 bits per heavy atom. The van der Waals surface area contributed by atoms with Crippen LogP contribution in [0, 0.1) is 6.92 Å². The second kappa shape index (κ2) is 4.73. The van der Waals surface area contributed by atoms with Gasteiger partial charge >= 0.3 is 0 Å². The van der Waals surface area contributed by atoms with Crippen LogP contribution in [0.2, 0.25) is 0 Å². The lowest BCUT2D eigenvalue weighted by atomic mass is 9.90. The van der Waals surface area contributed by atoms with Crippen molar-refractivity contribution in [3.8, 4) is 0 Å². The number of benzene rings is 1. The lowest BCUT2D eigenvalue weighted by Crippen LogP contribution is -2.32. The predicted molar refractivity (Wildman–Crippen MR) is 74.8 cm³/mol. The highest BCUT2D eigenvalue weighted by atomic mass is 15.1. The first-order valence-corrected chi connectivity index (χ1v) is 6.90. The van der Waals surface area contributed by atoms with Crippen LogP contribution in [-0.4, -0.2) is 22.6 Å². The Hall–Kier alpha value is -1.35. The molecule has 1 aliphatic rings. The van der Waals surface area contributed by atoms with Crippen molar-refractivity contribution in [2.24, 2.45) is 0 Å². The fraction of sp³-hybridized carbons (Fsp3) is 0.533. The zero-order valence-electron chi connectivity index (χ0n) is 11.2. The van der Waals surface area contributed by atoms with Crippen LogP contribution in [0.3, 0.4) is 0 Å². The Labute approximate surface area is 108 Å². The predicted octanol–water partition coefficient (Wildman–Crippen LogP) is 3.05. The molecular weight excluding hydrogens is 222 g/mol. The highest BCUT2D eigenvalue weighted by Gasteiger charge is 2.24. The number of aryl methyl sites for hydroxylation is 1. The molecule has 1 aromatic heterocycles. The largest absolute Gasteiger partial charge is 0.325 e. The molecule has 2 atom stereocenters. The SMILES string of the molecule is CNC1CCCC(n2c(C)nc3ccccc32)C1. The van der Waals surface area contributed by atoms with Gasteiger partial charge in [0.15, 0.2) is 0 Å². The number of aromatic nitrogens is 2. The molecular formula is C15H21N3. The molecule has 0 spiro atoms. The van der Waals surface area contributed by atoms with Gasteiger partial charge in [-0.3, -0.25) is 0 Å². The monoisotopic (exact) mass is 243 g/mol. The van der Waals surface area contributed by atoms with E-state index in [2.05, 4.69) is 53.1 Å². The average Bonchev–Trinajstić information content (AvgIpc) is 2.74. The summed E-state index contributed by atoms with van der Waals surface area (Å²) in [6.45, 7) is 2.13. The third kappa shape index (κ3) is 1.93. The number of hydrogen-bond acceptors (Lipinski definition) is 2. The first kappa shape index (κ1) is 11.7. The smallest absolute Gasteiger partial charge is 0.106 e. The minimum atomic E-state index is 0.601. The maximum atomic E-state index is 4.68. The Kier molecular flexibility index (Phi) is 3.08. The highest BCUT2D eigenvalue weighted by Crippen LogP contribution is 2.32. The van der Waals surface area contributed by atoms with E-state index in [1.165, 1.54) is 31.2 Å². The molecule has 2 aromatic rings. The van der Waals surface area contributed by atoms with Crippen molar-refractivity contribution in [2.45, 2.75) is 44.7 Å². The van der Waals surface area contributed by atoms with Crippen LogP contribution in [0.4, 0.5) is 0 Å². The van der Waals surface area contributed by atoms with Gasteiger partial charge in [-0.15, -0.1) is 0 Å². The summed E-state index contributed by atoms with van der Waals surface area (Å²) in [6.07, 6.45) is 5.11. The molecule has 1 saturated carbocycles. The van der Waals surface area contributed by atoms with Gasteiger partial charge in [0.25, 0.3) is 0 Å². The molecule has 18 heavy (non-hydrogen) atoms. The van der Waals surface area contributed by atoms with E-state index in [1.54, 1.807) is 0 Å². The Balaban J connectivity index is 2.00. The molecule has 1 aromatic carbocycles. The normalized spacial score (nSPS) is 24.6. The molecule has 3 nitrogen and oxygen atoms in total. The standard InChI is InChI=1S/C15H21N3/c1-11-17-14-8-3-4-9-15(14)18(11)13-7-5-6-12(10-13)16-2/h3-4,8-9,12-13,16H,5-7,10H2,1-2H3. The van der Waals surface area contributed by atoms with Gasteiger partial charge in [0.05, 0.1) is 11.0 Å². The summed E-state index contributed by atoms with van der Waals surface area (Å²) in [4.78, 5) is 4.68. The maximum absolute atomic E-state index is 4.68. The fourth-order valence-electron chi connectivity index (χ4n) is 3.29. The van der Waals surface area contributed by atoms with E-state index in [0.29, 0.717) is 12.1 Å². The Morgan fingerprint density at radius 1 is 1.28 bits per heavy atom. The molecule has 0 amide bonds. The van der Waals surface area contributed by atoms with Crippen LogP contribution >= 0.6 is 0 Å². The summed E-state index contributed by atoms with van der Waals surface area (Å²) in [5.74, 6) is 1.15. The lowest BCUT2D eigenvalue weighted by Gasteiger charge is -2.31. The van der Waals surface area contributed by atoms with Crippen molar-refractivity contribution in [1.82, 2.24) is 14.9 Å². The Bertz CT molecular complexity index is 544. The summed E-state index contributed by atoms with van der Waals surface area (Å²) in [7, 11) is 2.08. The van der Waals surface area contributed by atoms with Crippen LogP contribution in [0.5, 0.6) is 0 Å². The number of nitrogens with one attached hydrogen (secondary N) is 1. The maximum Gasteiger partial charge on any atom is 0.106 e. The van der Waals surface area contributed by atoms with Gasteiger partial charge in [-0.25, -0.2) is 4.98 Å². The van der Waals surface area contributed by atoms with Crippen LogP contribution in [0.25, 0.3) is 11.0 Å². The number of imidazole rings is 1. The summed E-state index contributed by atoms with van der Waals surface area (Å²) >= 11 is 0. The second-order valence-electron chi connectivity index (χ2n) is 5.32. The van der Waals surface area contributed by atoms with Gasteiger partial charge in [0.2, 0.25) is 0 Å². The molecule has 0 aliphatic heterocycles. The molecule has 96 valence electrons. The summed E-state index contributed by atoms with van der Waals surface area (Å²) in [5, 5.41) is 3.43. The number of fused-ring (bicyclic) bond motifs is 1. The molecule has 2 unspecified atom stereocenters. The number of nitrogens with zero attached hydrogens (tertiary/aromatic N) is 2. The van der Waals surface area contributed by atoms with Gasteiger partial charge in [0.1, 0.15) is 5.82 Å². The van der Waals surface area contributed by atoms with Gasteiger partial charge in [-0.2, -0.15) is 0 Å². The van der Waals surface area contributed by atoms with E-state index >= 15 is 0 Å². The van der Waals surface area contributed by atoms with Crippen LogP contribution in [0.15, 0.2) is 24.3 Å². The van der Waals surface area contributed by atoms with E-state index < -0.39 is 0 Å². The second-order valence-corrected chi connectivity index (χ2v) is 5.32.